The van der Waals surface area contributed by atoms with E-state index in [-0.39, 0.29) is 47.9 Å². The molecule has 9 nitrogen and oxygen atoms in total. The molecule has 34 heavy (non-hydrogen) atoms. The first kappa shape index (κ1) is 22.7. The highest BCUT2D eigenvalue weighted by Gasteiger charge is 2.59. The molecule has 2 aliphatic carbocycles. The van der Waals surface area contributed by atoms with Gasteiger partial charge in [-0.3, -0.25) is 24.2 Å². The highest BCUT2D eigenvalue weighted by atomic mass is 16.5. The van der Waals surface area contributed by atoms with Crippen LogP contribution in [0.2, 0.25) is 0 Å². The molecule has 0 spiro atoms. The molecule has 0 aromatic heterocycles. The summed E-state index contributed by atoms with van der Waals surface area (Å²) < 4.78 is 16.4. The van der Waals surface area contributed by atoms with E-state index in [1.54, 1.807) is 26.2 Å². The Labute approximate surface area is 199 Å². The van der Waals surface area contributed by atoms with Gasteiger partial charge < -0.3 is 19.1 Å². The zero-order valence-electron chi connectivity index (χ0n) is 19.9. The van der Waals surface area contributed by atoms with Crippen LogP contribution < -0.4 is 14.2 Å². The van der Waals surface area contributed by atoms with Crippen LogP contribution in [0.15, 0.2) is 24.3 Å². The average Bonchev–Trinajstić information content (AvgIpc) is 3.54. The minimum atomic E-state index is -0.261. The van der Waals surface area contributed by atoms with Gasteiger partial charge in [0, 0.05) is 38.3 Å². The Morgan fingerprint density at radius 1 is 0.882 bits per heavy atom. The van der Waals surface area contributed by atoms with Gasteiger partial charge in [-0.25, -0.2) is 0 Å². The number of likely N-dealkylation sites (tertiary alicyclic amines) is 1. The van der Waals surface area contributed by atoms with Crippen LogP contribution in [0.5, 0.6) is 17.2 Å². The predicted molar refractivity (Wildman–Crippen MR) is 122 cm³/mol. The van der Waals surface area contributed by atoms with Crippen LogP contribution in [-0.2, 0) is 20.9 Å². The topological polar surface area (TPSA) is 88.6 Å². The minimum absolute atomic E-state index is 0.145. The number of imide groups is 1. The van der Waals surface area contributed by atoms with Crippen molar-refractivity contribution in [2.45, 2.75) is 13.0 Å². The third kappa shape index (κ3) is 3.62. The molecular formula is C25H31N3O6. The van der Waals surface area contributed by atoms with E-state index in [9.17, 15) is 14.4 Å². The molecule has 0 unspecified atom stereocenters. The van der Waals surface area contributed by atoms with Crippen LogP contribution in [0.1, 0.15) is 12.0 Å². The molecule has 2 aliphatic heterocycles. The number of piperazine rings is 1. The van der Waals surface area contributed by atoms with E-state index in [4.69, 9.17) is 14.2 Å². The Morgan fingerprint density at radius 3 is 2.06 bits per heavy atom. The van der Waals surface area contributed by atoms with Crippen molar-refractivity contribution in [1.29, 1.82) is 0 Å². The van der Waals surface area contributed by atoms with E-state index >= 15 is 0 Å². The maximum absolute atomic E-state index is 13.0. The number of hydrogen-bond donors (Lipinski definition) is 0. The number of fused-ring (bicyclic) bond motifs is 5. The zero-order valence-corrected chi connectivity index (χ0v) is 19.9. The number of rotatable bonds is 7. The second-order valence-electron chi connectivity index (χ2n) is 9.41. The van der Waals surface area contributed by atoms with E-state index < -0.39 is 0 Å². The molecule has 4 atom stereocenters. The minimum Gasteiger partial charge on any atom is -0.493 e. The van der Waals surface area contributed by atoms with E-state index in [1.165, 1.54) is 4.90 Å². The highest BCUT2D eigenvalue weighted by Crippen LogP contribution is 2.52. The molecule has 2 heterocycles. The molecule has 2 bridgehead atoms. The molecule has 1 aromatic rings. The maximum Gasteiger partial charge on any atom is 0.242 e. The Hall–Kier alpha value is -3.07. The molecule has 1 aromatic carbocycles. The lowest BCUT2D eigenvalue weighted by atomic mass is 9.85. The van der Waals surface area contributed by atoms with Crippen molar-refractivity contribution in [2.75, 3.05) is 54.1 Å². The molecular weight excluding hydrogens is 438 g/mol. The molecule has 1 saturated carbocycles. The molecule has 4 aliphatic rings. The van der Waals surface area contributed by atoms with Gasteiger partial charge >= 0.3 is 0 Å². The summed E-state index contributed by atoms with van der Waals surface area (Å²) >= 11 is 0. The zero-order chi connectivity index (χ0) is 24.0. The second kappa shape index (κ2) is 8.94. The quantitative estimate of drug-likeness (QED) is 0.437. The Bertz CT molecular complexity index is 1000. The monoisotopic (exact) mass is 469 g/mol. The average molecular weight is 470 g/mol. The fourth-order valence-corrected chi connectivity index (χ4v) is 6.04. The number of carbonyl (C=O) groups excluding carboxylic acids is 3. The van der Waals surface area contributed by atoms with Crippen LogP contribution in [0.4, 0.5) is 0 Å². The van der Waals surface area contributed by atoms with Crippen molar-refractivity contribution in [1.82, 2.24) is 14.7 Å². The van der Waals surface area contributed by atoms with Gasteiger partial charge in [-0.15, -0.1) is 0 Å². The van der Waals surface area contributed by atoms with Crippen LogP contribution in [0.25, 0.3) is 0 Å². The summed E-state index contributed by atoms with van der Waals surface area (Å²) in [6.07, 6.45) is 5.02. The number of nitrogens with zero attached hydrogens (tertiary/aromatic N) is 3. The van der Waals surface area contributed by atoms with Crippen LogP contribution in [0.3, 0.4) is 0 Å². The lowest BCUT2D eigenvalue weighted by Gasteiger charge is -2.35. The Kier molecular flexibility index (Phi) is 5.97. The van der Waals surface area contributed by atoms with Crippen LogP contribution >= 0.6 is 0 Å². The summed E-state index contributed by atoms with van der Waals surface area (Å²) in [5, 5.41) is 0. The predicted octanol–water partition coefficient (Wildman–Crippen LogP) is 1.16. The largest absolute Gasteiger partial charge is 0.493 e. The standard InChI is InChI=1S/C25H31N3O6/c1-32-18-7-6-17(22(33-2)23(18)34-3)13-26-8-10-27(11-9-26)19(29)14-28-24(30)20-15-4-5-16(12-15)21(20)25(28)31/h4-7,15-16,20-21H,8-14H2,1-3H3/t15-,16-,20-,21-/m0/s1. The first-order chi connectivity index (χ1) is 16.5. The fourth-order valence-electron chi connectivity index (χ4n) is 6.04. The summed E-state index contributed by atoms with van der Waals surface area (Å²) in [6.45, 7) is 2.96. The number of allylic oxidation sites excluding steroid dienone is 2. The van der Waals surface area contributed by atoms with Crippen molar-refractivity contribution >= 4 is 17.7 Å². The smallest absolute Gasteiger partial charge is 0.242 e. The third-order valence-corrected chi connectivity index (χ3v) is 7.76. The summed E-state index contributed by atoms with van der Waals surface area (Å²) in [6, 6.07) is 3.82. The second-order valence-corrected chi connectivity index (χ2v) is 9.41. The van der Waals surface area contributed by atoms with E-state index in [1.807, 2.05) is 12.1 Å². The van der Waals surface area contributed by atoms with Crippen molar-refractivity contribution in [3.05, 3.63) is 29.8 Å². The number of carbonyl (C=O) groups is 3. The van der Waals surface area contributed by atoms with Gasteiger partial charge in [0.05, 0.1) is 33.2 Å². The van der Waals surface area contributed by atoms with Crippen molar-refractivity contribution in [3.8, 4) is 17.2 Å². The molecule has 2 saturated heterocycles. The summed E-state index contributed by atoms with van der Waals surface area (Å²) in [4.78, 5) is 43.9. The van der Waals surface area contributed by atoms with Crippen molar-refractivity contribution in [2.24, 2.45) is 23.7 Å². The Balaban J connectivity index is 1.18. The SMILES string of the molecule is COc1ccc(CN2CCN(C(=O)CN3C(=O)[C@@H]4[C@@H](C3=O)[C@H]3C=C[C@H]4C3)CC2)c(OC)c1OC. The van der Waals surface area contributed by atoms with Gasteiger partial charge in [0.1, 0.15) is 6.54 Å². The van der Waals surface area contributed by atoms with Crippen LogP contribution in [0, 0.1) is 23.7 Å². The summed E-state index contributed by atoms with van der Waals surface area (Å²) in [5.74, 6) is 1.10. The lowest BCUT2D eigenvalue weighted by molar-refractivity contribution is -0.147. The van der Waals surface area contributed by atoms with Gasteiger partial charge in [0.15, 0.2) is 11.5 Å². The molecule has 0 radical (unpaired) electrons. The third-order valence-electron chi connectivity index (χ3n) is 7.76. The molecule has 0 N–H and O–H groups in total. The number of ether oxygens (including phenoxy) is 3. The van der Waals surface area contributed by atoms with Crippen molar-refractivity contribution < 1.29 is 28.6 Å². The number of methoxy groups -OCH3 is 3. The number of amides is 3. The fraction of sp³-hybridized carbons (Fsp3) is 0.560. The highest BCUT2D eigenvalue weighted by molar-refractivity contribution is 6.08. The lowest BCUT2D eigenvalue weighted by Crippen LogP contribution is -2.51. The molecule has 182 valence electrons. The van der Waals surface area contributed by atoms with Gasteiger partial charge in [-0.1, -0.05) is 18.2 Å². The van der Waals surface area contributed by atoms with Gasteiger partial charge in [0.2, 0.25) is 23.5 Å². The van der Waals surface area contributed by atoms with Crippen LogP contribution in [-0.4, -0.2) is 86.5 Å². The van der Waals surface area contributed by atoms with E-state index in [2.05, 4.69) is 17.1 Å². The molecule has 5 rings (SSSR count). The molecule has 3 fully saturated rings. The normalized spacial score (nSPS) is 28.0. The first-order valence-electron chi connectivity index (χ1n) is 11.8. The number of benzene rings is 1. The molecule has 9 heteroatoms. The summed E-state index contributed by atoms with van der Waals surface area (Å²) in [5.41, 5.74) is 0.975. The van der Waals surface area contributed by atoms with E-state index in [0.29, 0.717) is 50.0 Å². The number of hydrogen-bond acceptors (Lipinski definition) is 7. The van der Waals surface area contributed by atoms with Gasteiger partial charge in [-0.2, -0.15) is 0 Å². The Morgan fingerprint density at radius 2 is 1.50 bits per heavy atom. The first-order valence-corrected chi connectivity index (χ1v) is 11.8. The van der Waals surface area contributed by atoms with Crippen molar-refractivity contribution in [3.63, 3.8) is 0 Å². The summed E-state index contributed by atoms with van der Waals surface area (Å²) in [7, 11) is 4.77. The van der Waals surface area contributed by atoms with E-state index in [0.717, 1.165) is 12.0 Å². The maximum atomic E-state index is 13.0. The molecule has 3 amide bonds. The van der Waals surface area contributed by atoms with Gasteiger partial charge in [-0.05, 0) is 24.3 Å². The van der Waals surface area contributed by atoms with Gasteiger partial charge in [0.25, 0.3) is 0 Å².